The molecule has 6 heteroatoms. The van der Waals surface area contributed by atoms with E-state index in [2.05, 4.69) is 10.3 Å². The number of aryl methyl sites for hydroxylation is 2. The highest BCUT2D eigenvalue weighted by molar-refractivity contribution is 5.95. The smallest absolute Gasteiger partial charge is 0.306 e. The number of pyridine rings is 1. The fraction of sp³-hybridized carbons (Fsp3) is 0.409. The van der Waals surface area contributed by atoms with Crippen LogP contribution in [0.25, 0.3) is 0 Å². The van der Waals surface area contributed by atoms with Gasteiger partial charge in [-0.15, -0.1) is 0 Å². The zero-order valence-corrected chi connectivity index (χ0v) is 16.3. The predicted octanol–water partition coefficient (Wildman–Crippen LogP) is 3.65. The summed E-state index contributed by atoms with van der Waals surface area (Å²) in [6, 6.07) is 7.53. The summed E-state index contributed by atoms with van der Waals surface area (Å²) in [7, 11) is 0. The second-order valence-electron chi connectivity index (χ2n) is 7.45. The first-order valence-electron chi connectivity index (χ1n) is 9.60. The van der Waals surface area contributed by atoms with Crippen molar-refractivity contribution in [1.82, 2.24) is 10.3 Å². The molecule has 1 saturated carbocycles. The molecule has 0 spiro atoms. The molecule has 1 fully saturated rings. The third-order valence-corrected chi connectivity index (χ3v) is 5.24. The Morgan fingerprint density at radius 3 is 2.43 bits per heavy atom. The van der Waals surface area contributed by atoms with Crippen LogP contribution in [-0.2, 0) is 11.4 Å². The maximum atomic E-state index is 12.6. The van der Waals surface area contributed by atoms with Crippen molar-refractivity contribution in [3.8, 4) is 5.75 Å². The highest BCUT2D eigenvalue weighted by Crippen LogP contribution is 2.27. The van der Waals surface area contributed by atoms with Gasteiger partial charge in [-0.1, -0.05) is 6.07 Å². The molecule has 1 amide bonds. The van der Waals surface area contributed by atoms with Crippen molar-refractivity contribution in [3.63, 3.8) is 0 Å². The monoisotopic (exact) mass is 382 g/mol. The molecule has 1 aromatic heterocycles. The van der Waals surface area contributed by atoms with E-state index in [1.165, 1.54) is 0 Å². The lowest BCUT2D eigenvalue weighted by atomic mass is 9.86. The summed E-state index contributed by atoms with van der Waals surface area (Å²) in [4.78, 5) is 27.8. The third kappa shape index (κ3) is 4.88. The van der Waals surface area contributed by atoms with Crippen molar-refractivity contribution in [3.05, 3.63) is 58.9 Å². The average molecular weight is 382 g/mol. The Morgan fingerprint density at radius 1 is 1.18 bits per heavy atom. The van der Waals surface area contributed by atoms with E-state index in [0.29, 0.717) is 37.9 Å². The standard InChI is InChI=1S/C22H26N2O4/c1-14-10-18(21(25)24-19-7-5-17(6-8-19)22(26)27)11-15(2)20(14)28-13-16-4-3-9-23-12-16/h3-4,9-12,17,19H,5-8,13H2,1-2H3,(H,24,25)(H,26,27). The van der Waals surface area contributed by atoms with Gasteiger partial charge in [0.15, 0.2) is 0 Å². The number of benzene rings is 1. The lowest BCUT2D eigenvalue weighted by Gasteiger charge is -2.27. The van der Waals surface area contributed by atoms with E-state index in [4.69, 9.17) is 9.84 Å². The minimum atomic E-state index is -0.738. The number of carbonyl (C=O) groups excluding carboxylic acids is 1. The first kappa shape index (κ1) is 19.9. The van der Waals surface area contributed by atoms with E-state index in [1.54, 1.807) is 12.4 Å². The van der Waals surface area contributed by atoms with Gasteiger partial charge in [-0.25, -0.2) is 0 Å². The zero-order chi connectivity index (χ0) is 20.1. The maximum absolute atomic E-state index is 12.6. The van der Waals surface area contributed by atoms with Gasteiger partial charge in [0.25, 0.3) is 5.91 Å². The largest absolute Gasteiger partial charge is 0.488 e. The van der Waals surface area contributed by atoms with Crippen LogP contribution in [0.4, 0.5) is 0 Å². The molecule has 0 unspecified atom stereocenters. The number of nitrogens with one attached hydrogen (secondary N) is 1. The number of rotatable bonds is 6. The average Bonchev–Trinajstić information content (AvgIpc) is 2.68. The Bertz CT molecular complexity index is 820. The molecule has 0 atom stereocenters. The summed E-state index contributed by atoms with van der Waals surface area (Å²) >= 11 is 0. The van der Waals surface area contributed by atoms with Crippen LogP contribution in [0.3, 0.4) is 0 Å². The van der Waals surface area contributed by atoms with E-state index in [9.17, 15) is 9.59 Å². The van der Waals surface area contributed by atoms with Crippen LogP contribution in [0.2, 0.25) is 0 Å². The van der Waals surface area contributed by atoms with Gasteiger partial charge in [0.05, 0.1) is 5.92 Å². The SMILES string of the molecule is Cc1cc(C(=O)NC2CCC(C(=O)O)CC2)cc(C)c1OCc1cccnc1. The number of carboxylic acids is 1. The van der Waals surface area contributed by atoms with Gasteiger partial charge in [-0.05, 0) is 68.9 Å². The fourth-order valence-electron chi connectivity index (χ4n) is 3.70. The topological polar surface area (TPSA) is 88.5 Å². The number of nitrogens with zero attached hydrogens (tertiary/aromatic N) is 1. The maximum Gasteiger partial charge on any atom is 0.306 e. The molecule has 1 heterocycles. The summed E-state index contributed by atoms with van der Waals surface area (Å²) in [5, 5.41) is 12.1. The van der Waals surface area contributed by atoms with Crippen molar-refractivity contribution in [2.75, 3.05) is 0 Å². The summed E-state index contributed by atoms with van der Waals surface area (Å²) in [5.74, 6) is -0.363. The van der Waals surface area contributed by atoms with Crippen molar-refractivity contribution in [1.29, 1.82) is 0 Å². The number of carbonyl (C=O) groups is 2. The Morgan fingerprint density at radius 2 is 1.86 bits per heavy atom. The minimum absolute atomic E-state index is 0.0326. The molecule has 148 valence electrons. The normalized spacial score (nSPS) is 19.1. The van der Waals surface area contributed by atoms with Crippen LogP contribution >= 0.6 is 0 Å². The fourth-order valence-corrected chi connectivity index (χ4v) is 3.70. The molecule has 2 aromatic rings. The number of amides is 1. The highest BCUT2D eigenvalue weighted by atomic mass is 16.5. The Kier molecular flexibility index (Phi) is 6.29. The van der Waals surface area contributed by atoms with Gasteiger partial charge in [-0.2, -0.15) is 0 Å². The van der Waals surface area contributed by atoms with Crippen molar-refractivity contribution in [2.45, 2.75) is 52.2 Å². The van der Waals surface area contributed by atoms with E-state index >= 15 is 0 Å². The molecule has 6 nitrogen and oxygen atoms in total. The molecule has 0 bridgehead atoms. The van der Waals surface area contributed by atoms with Crippen molar-refractivity contribution in [2.24, 2.45) is 5.92 Å². The number of aliphatic carboxylic acids is 1. The molecule has 3 rings (SSSR count). The molecule has 28 heavy (non-hydrogen) atoms. The summed E-state index contributed by atoms with van der Waals surface area (Å²) < 4.78 is 5.95. The van der Waals surface area contributed by atoms with E-state index in [0.717, 1.165) is 22.4 Å². The van der Waals surface area contributed by atoms with Gasteiger partial charge in [0.1, 0.15) is 12.4 Å². The highest BCUT2D eigenvalue weighted by Gasteiger charge is 2.27. The van der Waals surface area contributed by atoms with E-state index in [1.807, 2.05) is 38.1 Å². The number of hydrogen-bond donors (Lipinski definition) is 2. The van der Waals surface area contributed by atoms with Gasteiger partial charge < -0.3 is 15.2 Å². The molecule has 1 aliphatic carbocycles. The Hall–Kier alpha value is -2.89. The van der Waals surface area contributed by atoms with Crippen molar-refractivity contribution >= 4 is 11.9 Å². The molecule has 0 saturated heterocycles. The lowest BCUT2D eigenvalue weighted by Crippen LogP contribution is -2.38. The van der Waals surface area contributed by atoms with Gasteiger partial charge in [0.2, 0.25) is 0 Å². The first-order chi connectivity index (χ1) is 13.4. The Balaban J connectivity index is 1.61. The Labute approximate surface area is 164 Å². The number of ether oxygens (including phenoxy) is 1. The van der Waals surface area contributed by atoms with E-state index < -0.39 is 5.97 Å². The second kappa shape index (κ2) is 8.87. The van der Waals surface area contributed by atoms with Gasteiger partial charge in [-0.3, -0.25) is 14.6 Å². The molecular formula is C22H26N2O4. The number of hydrogen-bond acceptors (Lipinski definition) is 4. The minimum Gasteiger partial charge on any atom is -0.488 e. The summed E-state index contributed by atoms with van der Waals surface area (Å²) in [6.07, 6.45) is 6.12. The second-order valence-corrected chi connectivity index (χ2v) is 7.45. The molecule has 2 N–H and O–H groups in total. The van der Waals surface area contributed by atoms with E-state index in [-0.39, 0.29) is 17.9 Å². The molecule has 1 aromatic carbocycles. The summed E-state index contributed by atoms with van der Waals surface area (Å²) in [6.45, 7) is 4.29. The zero-order valence-electron chi connectivity index (χ0n) is 16.3. The van der Waals surface area contributed by atoms with Gasteiger partial charge >= 0.3 is 5.97 Å². The third-order valence-electron chi connectivity index (χ3n) is 5.24. The first-order valence-corrected chi connectivity index (χ1v) is 9.60. The lowest BCUT2D eigenvalue weighted by molar-refractivity contribution is -0.142. The van der Waals surface area contributed by atoms with Crippen LogP contribution < -0.4 is 10.1 Å². The molecule has 0 aliphatic heterocycles. The van der Waals surface area contributed by atoms with Crippen LogP contribution in [-0.4, -0.2) is 28.0 Å². The number of aromatic nitrogens is 1. The quantitative estimate of drug-likeness (QED) is 0.796. The molecular weight excluding hydrogens is 356 g/mol. The van der Waals surface area contributed by atoms with Crippen molar-refractivity contribution < 1.29 is 19.4 Å². The van der Waals surface area contributed by atoms with Crippen LogP contribution in [0.5, 0.6) is 5.75 Å². The predicted molar refractivity (Wildman–Crippen MR) is 105 cm³/mol. The van der Waals surface area contributed by atoms with Gasteiger partial charge in [0, 0.05) is 29.6 Å². The number of carboxylic acid groups (broad SMARTS) is 1. The summed E-state index contributed by atoms with van der Waals surface area (Å²) in [5.41, 5.74) is 3.40. The molecule has 0 radical (unpaired) electrons. The van der Waals surface area contributed by atoms with Crippen LogP contribution in [0.1, 0.15) is 52.7 Å². The molecule has 1 aliphatic rings. The van der Waals surface area contributed by atoms with Crippen LogP contribution in [0.15, 0.2) is 36.7 Å². The van der Waals surface area contributed by atoms with Crippen LogP contribution in [0, 0.1) is 19.8 Å².